The fourth-order valence-electron chi connectivity index (χ4n) is 3.11. The van der Waals surface area contributed by atoms with Gasteiger partial charge in [0.25, 0.3) is 5.91 Å². The summed E-state index contributed by atoms with van der Waals surface area (Å²) in [7, 11) is 0. The van der Waals surface area contributed by atoms with E-state index in [0.717, 1.165) is 5.56 Å². The molecular formula is C23H28N2O6. The second kappa shape index (κ2) is 11.1. The molecule has 0 aromatic heterocycles. The first-order valence-electron chi connectivity index (χ1n) is 10.2. The first-order valence-corrected chi connectivity index (χ1v) is 10.2. The van der Waals surface area contributed by atoms with Crippen LogP contribution < -0.4 is 10.1 Å². The van der Waals surface area contributed by atoms with Gasteiger partial charge in [0, 0.05) is 0 Å². The van der Waals surface area contributed by atoms with Crippen LogP contribution in [0.3, 0.4) is 0 Å². The monoisotopic (exact) mass is 428 g/mol. The van der Waals surface area contributed by atoms with Gasteiger partial charge in [-0.3, -0.25) is 14.9 Å². The minimum atomic E-state index is -0.901. The van der Waals surface area contributed by atoms with Crippen molar-refractivity contribution >= 4 is 17.6 Å². The number of rotatable bonds is 10. The van der Waals surface area contributed by atoms with Crippen molar-refractivity contribution in [1.29, 1.82) is 0 Å². The molecule has 8 nitrogen and oxygen atoms in total. The van der Waals surface area contributed by atoms with Crippen LogP contribution in [0.4, 0.5) is 5.69 Å². The summed E-state index contributed by atoms with van der Waals surface area (Å²) < 4.78 is 10.8. The van der Waals surface area contributed by atoms with Crippen molar-refractivity contribution in [3.63, 3.8) is 0 Å². The Kier molecular flexibility index (Phi) is 8.54. The van der Waals surface area contributed by atoms with Crippen molar-refractivity contribution in [3.8, 4) is 5.75 Å². The largest absolute Gasteiger partial charge is 0.482 e. The van der Waals surface area contributed by atoms with Gasteiger partial charge in [-0.2, -0.15) is 0 Å². The van der Waals surface area contributed by atoms with Gasteiger partial charge in [-0.25, -0.2) is 4.79 Å². The zero-order valence-electron chi connectivity index (χ0n) is 18.2. The highest BCUT2D eigenvalue weighted by atomic mass is 16.6. The molecule has 0 spiro atoms. The lowest BCUT2D eigenvalue weighted by molar-refractivity contribution is -0.386. The molecule has 1 amide bonds. The standard InChI is InChI=1S/C23H28N2O6/c1-5-30-23(27)19(13-15(2)3)24-22(26)18-12-11-16(4)21(20(18)25(28)29)31-14-17-9-7-6-8-10-17/h6-12,15,19H,5,13-14H2,1-4H3,(H,24,26). The highest BCUT2D eigenvalue weighted by molar-refractivity contribution is 6.01. The molecule has 166 valence electrons. The van der Waals surface area contributed by atoms with E-state index in [2.05, 4.69) is 5.32 Å². The molecule has 2 aromatic rings. The number of aryl methyl sites for hydroxylation is 1. The molecular weight excluding hydrogens is 400 g/mol. The third-order valence-electron chi connectivity index (χ3n) is 4.57. The van der Waals surface area contributed by atoms with Crippen LogP contribution in [0.2, 0.25) is 0 Å². The number of nitrogens with zero attached hydrogens (tertiary/aromatic N) is 1. The highest BCUT2D eigenvalue weighted by Gasteiger charge is 2.31. The number of benzene rings is 2. The molecule has 0 bridgehead atoms. The van der Waals surface area contributed by atoms with E-state index in [1.165, 1.54) is 6.07 Å². The van der Waals surface area contributed by atoms with Crippen LogP contribution in [0, 0.1) is 23.0 Å². The number of amides is 1. The molecule has 0 aliphatic heterocycles. The van der Waals surface area contributed by atoms with Crippen molar-refractivity contribution in [3.05, 3.63) is 69.3 Å². The van der Waals surface area contributed by atoms with E-state index in [-0.39, 0.29) is 30.4 Å². The molecule has 1 atom stereocenters. The van der Waals surface area contributed by atoms with E-state index in [9.17, 15) is 19.7 Å². The topological polar surface area (TPSA) is 108 Å². The highest BCUT2D eigenvalue weighted by Crippen LogP contribution is 2.35. The fraction of sp³-hybridized carbons (Fsp3) is 0.391. The molecule has 31 heavy (non-hydrogen) atoms. The predicted octanol–water partition coefficient (Wildman–Crippen LogP) is 4.19. The molecule has 0 aliphatic rings. The van der Waals surface area contributed by atoms with Crippen LogP contribution in [0.5, 0.6) is 5.75 Å². The number of carbonyl (C=O) groups excluding carboxylic acids is 2. The second-order valence-corrected chi connectivity index (χ2v) is 7.55. The summed E-state index contributed by atoms with van der Waals surface area (Å²) in [6.45, 7) is 7.45. The third-order valence-corrected chi connectivity index (χ3v) is 4.57. The Bertz CT molecular complexity index is 927. The molecule has 2 aromatic carbocycles. The minimum absolute atomic E-state index is 0.0260. The van der Waals surface area contributed by atoms with Gasteiger partial charge in [-0.15, -0.1) is 0 Å². The zero-order valence-corrected chi connectivity index (χ0v) is 18.2. The molecule has 1 unspecified atom stereocenters. The summed E-state index contributed by atoms with van der Waals surface area (Å²) in [5.74, 6) is -1.17. The van der Waals surface area contributed by atoms with E-state index < -0.39 is 28.5 Å². The molecule has 0 radical (unpaired) electrons. The van der Waals surface area contributed by atoms with Gasteiger partial charge in [0.2, 0.25) is 5.75 Å². The summed E-state index contributed by atoms with van der Waals surface area (Å²) >= 11 is 0. The third kappa shape index (κ3) is 6.53. The van der Waals surface area contributed by atoms with E-state index in [0.29, 0.717) is 12.0 Å². The summed E-state index contributed by atoms with van der Waals surface area (Å²) in [4.78, 5) is 36.4. The molecule has 0 aliphatic carbocycles. The summed E-state index contributed by atoms with van der Waals surface area (Å²) in [6, 6.07) is 11.3. The zero-order chi connectivity index (χ0) is 23.0. The first kappa shape index (κ1) is 23.9. The average Bonchev–Trinajstić information content (AvgIpc) is 2.72. The van der Waals surface area contributed by atoms with Crippen molar-refractivity contribution in [2.24, 2.45) is 5.92 Å². The van der Waals surface area contributed by atoms with Crippen LogP contribution in [0.15, 0.2) is 42.5 Å². The van der Waals surface area contributed by atoms with Crippen LogP contribution in [0.1, 0.15) is 48.7 Å². The smallest absolute Gasteiger partial charge is 0.328 e. The van der Waals surface area contributed by atoms with Gasteiger partial charge in [-0.05, 0) is 43.4 Å². The van der Waals surface area contributed by atoms with Gasteiger partial charge < -0.3 is 14.8 Å². The van der Waals surface area contributed by atoms with Crippen LogP contribution in [-0.4, -0.2) is 29.4 Å². The SMILES string of the molecule is CCOC(=O)C(CC(C)C)NC(=O)c1ccc(C)c(OCc2ccccc2)c1[N+](=O)[O-]. The van der Waals surface area contributed by atoms with Crippen LogP contribution in [0.25, 0.3) is 0 Å². The molecule has 0 fully saturated rings. The number of nitrogens with one attached hydrogen (secondary N) is 1. The number of nitro benzene ring substituents is 1. The Morgan fingerprint density at radius 1 is 1.13 bits per heavy atom. The molecule has 2 rings (SSSR count). The van der Waals surface area contributed by atoms with Crippen LogP contribution >= 0.6 is 0 Å². The maximum absolute atomic E-state index is 12.9. The quantitative estimate of drug-likeness (QED) is 0.345. The first-order chi connectivity index (χ1) is 14.7. The molecule has 0 saturated heterocycles. The number of esters is 1. The lowest BCUT2D eigenvalue weighted by atomic mass is 10.0. The van der Waals surface area contributed by atoms with E-state index in [1.54, 1.807) is 19.9 Å². The molecule has 8 heteroatoms. The fourth-order valence-corrected chi connectivity index (χ4v) is 3.11. The number of hydrogen-bond acceptors (Lipinski definition) is 6. The van der Waals surface area contributed by atoms with Crippen molar-refractivity contribution < 1.29 is 24.0 Å². The van der Waals surface area contributed by atoms with Crippen LogP contribution in [-0.2, 0) is 16.1 Å². The number of nitro groups is 1. The maximum Gasteiger partial charge on any atom is 0.328 e. The van der Waals surface area contributed by atoms with E-state index in [4.69, 9.17) is 9.47 Å². The number of hydrogen-bond donors (Lipinski definition) is 1. The Hall–Kier alpha value is -3.42. The lowest BCUT2D eigenvalue weighted by Gasteiger charge is -2.19. The minimum Gasteiger partial charge on any atom is -0.482 e. The van der Waals surface area contributed by atoms with E-state index >= 15 is 0 Å². The summed E-state index contributed by atoms with van der Waals surface area (Å²) in [6.07, 6.45) is 0.349. The van der Waals surface area contributed by atoms with Gasteiger partial charge in [0.05, 0.1) is 11.5 Å². The summed E-state index contributed by atoms with van der Waals surface area (Å²) in [5, 5.41) is 14.5. The number of ether oxygens (including phenoxy) is 2. The second-order valence-electron chi connectivity index (χ2n) is 7.55. The van der Waals surface area contributed by atoms with Crippen molar-refractivity contribution in [2.75, 3.05) is 6.61 Å². The maximum atomic E-state index is 12.9. The Morgan fingerprint density at radius 2 is 1.81 bits per heavy atom. The Morgan fingerprint density at radius 3 is 2.39 bits per heavy atom. The lowest BCUT2D eigenvalue weighted by Crippen LogP contribution is -2.43. The Labute approximate surface area is 181 Å². The molecule has 0 heterocycles. The molecule has 1 N–H and O–H groups in total. The van der Waals surface area contributed by atoms with Crippen molar-refractivity contribution in [2.45, 2.75) is 46.8 Å². The van der Waals surface area contributed by atoms with Crippen molar-refractivity contribution in [1.82, 2.24) is 5.32 Å². The van der Waals surface area contributed by atoms with Gasteiger partial charge in [0.15, 0.2) is 0 Å². The van der Waals surface area contributed by atoms with Gasteiger partial charge in [0.1, 0.15) is 18.2 Å². The normalized spacial score (nSPS) is 11.6. The Balaban J connectivity index is 2.34. The van der Waals surface area contributed by atoms with Gasteiger partial charge in [-0.1, -0.05) is 50.2 Å². The van der Waals surface area contributed by atoms with E-state index in [1.807, 2.05) is 44.2 Å². The predicted molar refractivity (Wildman–Crippen MR) is 116 cm³/mol. The number of carbonyl (C=O) groups is 2. The average molecular weight is 428 g/mol. The molecule has 0 saturated carbocycles. The summed E-state index contributed by atoms with van der Waals surface area (Å²) in [5.41, 5.74) is 0.769. The van der Waals surface area contributed by atoms with Gasteiger partial charge >= 0.3 is 11.7 Å².